The van der Waals surface area contributed by atoms with Gasteiger partial charge in [0.15, 0.2) is 5.75 Å². The van der Waals surface area contributed by atoms with E-state index in [4.69, 9.17) is 4.74 Å². The van der Waals surface area contributed by atoms with Crippen molar-refractivity contribution in [2.45, 2.75) is 0 Å². The summed E-state index contributed by atoms with van der Waals surface area (Å²) >= 11 is 0. The molecule has 0 saturated heterocycles. The Bertz CT molecular complexity index is 3390. The van der Waals surface area contributed by atoms with Crippen LogP contribution in [-0.2, 0) is 0 Å². The lowest BCUT2D eigenvalue weighted by Gasteiger charge is -2.32. The van der Waals surface area contributed by atoms with Crippen molar-refractivity contribution in [2.75, 3.05) is 9.80 Å². The number of benzene rings is 11. The van der Waals surface area contributed by atoms with E-state index < -0.39 is 0 Å². The number of para-hydroxylation sites is 1. The normalized spacial score (nSPS) is 11.5. The number of hydrogen-bond acceptors (Lipinski definition) is 3. The smallest absolute Gasteiger partial charge is 0.159 e. The van der Waals surface area contributed by atoms with Crippen molar-refractivity contribution in [3.8, 4) is 56.0 Å². The predicted molar refractivity (Wildman–Crippen MR) is 273 cm³/mol. The molecular weight excluding hydrogens is 789 g/mol. The van der Waals surface area contributed by atoms with E-state index in [1.807, 2.05) is 0 Å². The SMILES string of the molecule is c1ccc(-c2ccc(N(c3ccc4ccccc4c3)c3cc4c5c(cccc5c3)-c3cccc(N(c5ccc(-c6ccccc6)cc5)c5ccc(-c6ccccc6)cc5)c3O4)cc2)cc1. The first-order valence-corrected chi connectivity index (χ1v) is 22.2. The van der Waals surface area contributed by atoms with Crippen LogP contribution >= 0.6 is 0 Å². The van der Waals surface area contributed by atoms with Crippen LogP contribution in [-0.4, -0.2) is 0 Å². The van der Waals surface area contributed by atoms with Gasteiger partial charge in [-0.15, -0.1) is 0 Å². The average molecular weight is 831 g/mol. The first-order valence-electron chi connectivity index (χ1n) is 22.2. The lowest BCUT2D eigenvalue weighted by atomic mass is 9.93. The Morgan fingerprint density at radius 1 is 0.262 bits per heavy atom. The van der Waals surface area contributed by atoms with E-state index >= 15 is 0 Å². The van der Waals surface area contributed by atoms with Crippen LogP contribution in [0.25, 0.3) is 66.1 Å². The van der Waals surface area contributed by atoms with Crippen molar-refractivity contribution in [1.82, 2.24) is 0 Å². The van der Waals surface area contributed by atoms with Crippen LogP contribution in [0.3, 0.4) is 0 Å². The maximum Gasteiger partial charge on any atom is 0.159 e. The molecule has 0 unspecified atom stereocenters. The highest BCUT2D eigenvalue weighted by Gasteiger charge is 2.28. The fourth-order valence-corrected chi connectivity index (χ4v) is 9.43. The summed E-state index contributed by atoms with van der Waals surface area (Å²) in [7, 11) is 0. The van der Waals surface area contributed by atoms with Gasteiger partial charge in [0.1, 0.15) is 5.75 Å². The van der Waals surface area contributed by atoms with Crippen LogP contribution in [0.5, 0.6) is 11.5 Å². The molecule has 0 fully saturated rings. The largest absolute Gasteiger partial charge is 0.454 e. The van der Waals surface area contributed by atoms with Crippen molar-refractivity contribution < 1.29 is 4.74 Å². The predicted octanol–water partition coefficient (Wildman–Crippen LogP) is 17.7. The number of hydrogen-bond donors (Lipinski definition) is 0. The molecule has 0 saturated carbocycles. The Hall–Kier alpha value is -8.66. The Kier molecular flexibility index (Phi) is 9.50. The molecule has 0 radical (unpaired) electrons. The van der Waals surface area contributed by atoms with E-state index in [0.717, 1.165) is 67.5 Å². The van der Waals surface area contributed by atoms with Crippen molar-refractivity contribution in [2.24, 2.45) is 0 Å². The summed E-state index contributed by atoms with van der Waals surface area (Å²) in [5.74, 6) is 1.63. The molecule has 0 bridgehead atoms. The van der Waals surface area contributed by atoms with Crippen LogP contribution in [0.2, 0.25) is 0 Å². The Morgan fingerprint density at radius 3 is 1.26 bits per heavy atom. The fourth-order valence-electron chi connectivity index (χ4n) is 9.43. The van der Waals surface area contributed by atoms with Gasteiger partial charge in [-0.3, -0.25) is 0 Å². The van der Waals surface area contributed by atoms with Gasteiger partial charge in [-0.1, -0.05) is 188 Å². The Morgan fingerprint density at radius 2 is 0.692 bits per heavy atom. The van der Waals surface area contributed by atoms with Gasteiger partial charge in [-0.05, 0) is 116 Å². The van der Waals surface area contributed by atoms with Gasteiger partial charge >= 0.3 is 0 Å². The minimum absolute atomic E-state index is 0.813. The highest BCUT2D eigenvalue weighted by molar-refractivity contribution is 6.08. The van der Waals surface area contributed by atoms with Crippen molar-refractivity contribution in [1.29, 1.82) is 0 Å². The van der Waals surface area contributed by atoms with Crippen molar-refractivity contribution in [3.05, 3.63) is 255 Å². The highest BCUT2D eigenvalue weighted by Crippen LogP contribution is 2.54. The van der Waals surface area contributed by atoms with Crippen LogP contribution in [0, 0.1) is 0 Å². The molecule has 3 nitrogen and oxygen atoms in total. The molecule has 11 aromatic carbocycles. The second-order valence-electron chi connectivity index (χ2n) is 16.5. The number of nitrogens with zero attached hydrogens (tertiary/aromatic N) is 2. The minimum atomic E-state index is 0.813. The van der Waals surface area contributed by atoms with Gasteiger partial charge in [0.2, 0.25) is 0 Å². The quantitative estimate of drug-likeness (QED) is 0.144. The van der Waals surface area contributed by atoms with Gasteiger partial charge in [0.25, 0.3) is 0 Å². The molecule has 65 heavy (non-hydrogen) atoms. The maximum atomic E-state index is 7.33. The topological polar surface area (TPSA) is 15.7 Å². The Balaban J connectivity index is 1.00. The molecule has 3 heteroatoms. The summed E-state index contributed by atoms with van der Waals surface area (Å²) in [6.07, 6.45) is 0. The zero-order valence-corrected chi connectivity index (χ0v) is 35.6. The van der Waals surface area contributed by atoms with E-state index in [0.29, 0.717) is 0 Å². The first-order chi connectivity index (χ1) is 32.2. The third-order valence-corrected chi connectivity index (χ3v) is 12.6. The van der Waals surface area contributed by atoms with Crippen molar-refractivity contribution in [3.63, 3.8) is 0 Å². The summed E-state index contributed by atoms with van der Waals surface area (Å²) in [5, 5.41) is 4.60. The molecular formula is C62H42N2O. The van der Waals surface area contributed by atoms with E-state index in [1.165, 1.54) is 44.2 Å². The molecule has 1 aliphatic rings. The Labute approximate surface area is 379 Å². The first kappa shape index (κ1) is 38.0. The van der Waals surface area contributed by atoms with Gasteiger partial charge in [-0.2, -0.15) is 0 Å². The molecule has 0 amide bonds. The number of ether oxygens (including phenoxy) is 1. The third-order valence-electron chi connectivity index (χ3n) is 12.6. The zero-order chi connectivity index (χ0) is 43.1. The number of fused-ring (bicyclic) bond motifs is 3. The van der Waals surface area contributed by atoms with E-state index in [-0.39, 0.29) is 0 Å². The summed E-state index contributed by atoms with van der Waals surface area (Å²) < 4.78 is 7.33. The molecule has 0 N–H and O–H groups in total. The lowest BCUT2D eigenvalue weighted by Crippen LogP contribution is -2.13. The van der Waals surface area contributed by atoms with E-state index in [1.54, 1.807) is 0 Å². The standard InChI is InChI=1S/C62H42N2O/c1-4-14-43(15-5-1)47-26-33-52(34-27-47)63(55-39-32-46-20-10-11-21-50(46)40-55)56-41-51-22-12-23-57-58-24-13-25-59(62(58)65-60(42-56)61(51)57)64(53-35-28-48(29-36-53)44-16-6-2-7-17-44)54-37-30-49(31-38-54)45-18-8-3-9-19-45/h1-42H. The van der Waals surface area contributed by atoms with Crippen molar-refractivity contribution >= 4 is 55.7 Å². The second-order valence-corrected chi connectivity index (χ2v) is 16.5. The fraction of sp³-hybridized carbons (Fsp3) is 0. The molecule has 306 valence electrons. The van der Waals surface area contributed by atoms with Crippen LogP contribution < -0.4 is 14.5 Å². The molecule has 1 heterocycles. The molecule has 0 atom stereocenters. The second kappa shape index (κ2) is 16.2. The molecule has 11 aromatic rings. The van der Waals surface area contributed by atoms with Crippen LogP contribution in [0.4, 0.5) is 34.1 Å². The molecule has 0 spiro atoms. The monoisotopic (exact) mass is 830 g/mol. The summed E-state index contributed by atoms with van der Waals surface area (Å²) in [4.78, 5) is 4.68. The molecule has 0 aromatic heterocycles. The average Bonchev–Trinajstić information content (AvgIpc) is 3.38. The van der Waals surface area contributed by atoms with Gasteiger partial charge in [-0.25, -0.2) is 0 Å². The number of rotatable bonds is 9. The highest BCUT2D eigenvalue weighted by atomic mass is 16.5. The minimum Gasteiger partial charge on any atom is -0.454 e. The van der Waals surface area contributed by atoms with E-state index in [2.05, 4.69) is 265 Å². The van der Waals surface area contributed by atoms with Crippen LogP contribution in [0.1, 0.15) is 0 Å². The molecule has 0 aliphatic carbocycles. The third kappa shape index (κ3) is 7.06. The van der Waals surface area contributed by atoms with Gasteiger partial charge < -0.3 is 14.5 Å². The van der Waals surface area contributed by atoms with E-state index in [9.17, 15) is 0 Å². The lowest BCUT2D eigenvalue weighted by molar-refractivity contribution is 0.488. The molecule has 1 aliphatic heterocycles. The number of anilines is 6. The zero-order valence-electron chi connectivity index (χ0n) is 35.6. The summed E-state index contributed by atoms with van der Waals surface area (Å²) in [6.45, 7) is 0. The van der Waals surface area contributed by atoms with Crippen LogP contribution in [0.15, 0.2) is 255 Å². The van der Waals surface area contributed by atoms with Gasteiger partial charge in [0, 0.05) is 39.8 Å². The summed E-state index contributed by atoms with van der Waals surface area (Å²) in [6, 6.07) is 91.2. The molecule has 12 rings (SSSR count). The maximum absolute atomic E-state index is 7.33. The summed E-state index contributed by atoms with van der Waals surface area (Å²) in [5.41, 5.74) is 15.4. The van der Waals surface area contributed by atoms with Gasteiger partial charge in [0.05, 0.1) is 11.4 Å².